The summed E-state index contributed by atoms with van der Waals surface area (Å²) in [6.45, 7) is 0.603. The van der Waals surface area contributed by atoms with Gasteiger partial charge in [-0.3, -0.25) is 4.79 Å². The van der Waals surface area contributed by atoms with Crippen molar-refractivity contribution in [3.8, 4) is 0 Å². The summed E-state index contributed by atoms with van der Waals surface area (Å²) in [5.41, 5.74) is 5.71. The van der Waals surface area contributed by atoms with Gasteiger partial charge in [0.25, 0.3) is 0 Å². The predicted molar refractivity (Wildman–Crippen MR) is 50.0 cm³/mol. The van der Waals surface area contributed by atoms with Crippen molar-refractivity contribution < 1.29 is 4.79 Å². The minimum atomic E-state index is -0.234. The molecule has 0 amide bonds. The quantitative estimate of drug-likeness (QED) is 0.691. The molecule has 0 aliphatic heterocycles. The van der Waals surface area contributed by atoms with Crippen LogP contribution in [0.3, 0.4) is 0 Å². The van der Waals surface area contributed by atoms with Crippen LogP contribution in [0.15, 0.2) is 0 Å². The molecule has 0 aromatic carbocycles. The number of nitrogens with two attached hydrogens (primary N) is 1. The van der Waals surface area contributed by atoms with Gasteiger partial charge >= 0.3 is 0 Å². The van der Waals surface area contributed by atoms with Crippen molar-refractivity contribution in [2.45, 2.75) is 38.5 Å². The number of halogens is 1. The van der Waals surface area contributed by atoms with Crippen LogP contribution in [0, 0.1) is 5.41 Å². The van der Waals surface area contributed by atoms with E-state index in [0.29, 0.717) is 13.0 Å². The molecule has 2 N–H and O–H groups in total. The van der Waals surface area contributed by atoms with Crippen molar-refractivity contribution in [3.63, 3.8) is 0 Å². The Hall–Kier alpha value is -0.0800. The Bertz CT molecular complexity index is 164. The van der Waals surface area contributed by atoms with Crippen LogP contribution in [-0.2, 0) is 4.79 Å². The van der Waals surface area contributed by atoms with Gasteiger partial charge in [0.1, 0.15) is 0 Å². The van der Waals surface area contributed by atoms with Crippen molar-refractivity contribution in [2.24, 2.45) is 11.1 Å². The fourth-order valence-electron chi connectivity index (χ4n) is 2.05. The lowest BCUT2D eigenvalue weighted by Gasteiger charge is -2.34. The number of hydrogen-bond acceptors (Lipinski definition) is 2. The van der Waals surface area contributed by atoms with Crippen LogP contribution in [0.5, 0.6) is 0 Å². The Morgan fingerprint density at radius 1 is 1.33 bits per heavy atom. The molecule has 1 rings (SSSR count). The number of carbonyl (C=O) groups excluding carboxylic acids is 1. The lowest BCUT2D eigenvalue weighted by atomic mass is 9.72. The van der Waals surface area contributed by atoms with Gasteiger partial charge in [-0.2, -0.15) is 0 Å². The highest BCUT2D eigenvalue weighted by atomic mass is 35.5. The first-order chi connectivity index (χ1) is 5.68. The van der Waals surface area contributed by atoms with E-state index in [4.69, 9.17) is 17.3 Å². The standard InChI is InChI=1S/C9H16ClNO/c10-8(12)6-9(7-11)4-2-1-3-5-9/h1-7,11H2. The van der Waals surface area contributed by atoms with Crippen molar-refractivity contribution in [1.29, 1.82) is 0 Å². The normalized spacial score (nSPS) is 22.2. The van der Waals surface area contributed by atoms with Crippen molar-refractivity contribution in [3.05, 3.63) is 0 Å². The minimum absolute atomic E-state index is 0.0388. The van der Waals surface area contributed by atoms with E-state index in [1.54, 1.807) is 0 Å². The Kier molecular flexibility index (Phi) is 3.53. The van der Waals surface area contributed by atoms with Gasteiger partial charge in [-0.25, -0.2) is 0 Å². The van der Waals surface area contributed by atoms with Crippen LogP contribution in [-0.4, -0.2) is 11.8 Å². The molecule has 1 aliphatic rings. The Morgan fingerprint density at radius 3 is 2.33 bits per heavy atom. The lowest BCUT2D eigenvalue weighted by molar-refractivity contribution is -0.114. The first-order valence-corrected chi connectivity index (χ1v) is 4.95. The zero-order valence-electron chi connectivity index (χ0n) is 7.31. The van der Waals surface area contributed by atoms with Crippen LogP contribution in [0.25, 0.3) is 0 Å². The predicted octanol–water partition coefficient (Wildman–Crippen LogP) is 2.05. The monoisotopic (exact) mass is 189 g/mol. The highest BCUT2D eigenvalue weighted by Gasteiger charge is 2.32. The van der Waals surface area contributed by atoms with Crippen LogP contribution < -0.4 is 5.73 Å². The van der Waals surface area contributed by atoms with Gasteiger partial charge in [0.15, 0.2) is 0 Å². The Morgan fingerprint density at radius 2 is 1.92 bits per heavy atom. The smallest absolute Gasteiger partial charge is 0.222 e. The van der Waals surface area contributed by atoms with E-state index in [1.807, 2.05) is 0 Å². The summed E-state index contributed by atoms with van der Waals surface area (Å²) in [7, 11) is 0. The maximum atomic E-state index is 10.8. The molecule has 0 radical (unpaired) electrons. The average molecular weight is 190 g/mol. The molecule has 0 aromatic rings. The molecular weight excluding hydrogens is 174 g/mol. The maximum absolute atomic E-state index is 10.8. The van der Waals surface area contributed by atoms with Gasteiger partial charge in [-0.15, -0.1) is 0 Å². The first-order valence-electron chi connectivity index (χ1n) is 4.57. The van der Waals surface area contributed by atoms with Gasteiger partial charge < -0.3 is 5.73 Å². The summed E-state index contributed by atoms with van der Waals surface area (Å²) in [6, 6.07) is 0. The van der Waals surface area contributed by atoms with Gasteiger partial charge in [-0.05, 0) is 36.4 Å². The summed E-state index contributed by atoms with van der Waals surface area (Å²) < 4.78 is 0. The molecule has 70 valence electrons. The molecule has 1 aliphatic carbocycles. The molecule has 0 unspecified atom stereocenters. The van der Waals surface area contributed by atoms with Crippen molar-refractivity contribution in [2.75, 3.05) is 6.54 Å². The summed E-state index contributed by atoms with van der Waals surface area (Å²) in [5.74, 6) is 0. The van der Waals surface area contributed by atoms with E-state index in [1.165, 1.54) is 19.3 Å². The molecule has 0 saturated heterocycles. The zero-order valence-corrected chi connectivity index (χ0v) is 8.07. The van der Waals surface area contributed by atoms with Crippen LogP contribution in [0.4, 0.5) is 0 Å². The molecule has 1 saturated carbocycles. The molecule has 12 heavy (non-hydrogen) atoms. The Balaban J connectivity index is 2.53. The fraction of sp³-hybridized carbons (Fsp3) is 0.889. The van der Waals surface area contributed by atoms with Crippen LogP contribution in [0.1, 0.15) is 38.5 Å². The summed E-state index contributed by atoms with van der Waals surface area (Å²) in [4.78, 5) is 10.8. The minimum Gasteiger partial charge on any atom is -0.330 e. The third-order valence-corrected chi connectivity index (χ3v) is 2.99. The second-order valence-corrected chi connectivity index (χ2v) is 4.22. The number of carbonyl (C=O) groups is 1. The highest BCUT2D eigenvalue weighted by molar-refractivity contribution is 6.63. The molecule has 0 spiro atoms. The van der Waals surface area contributed by atoms with E-state index in [9.17, 15) is 4.79 Å². The number of rotatable bonds is 3. The summed E-state index contributed by atoms with van der Waals surface area (Å²) in [5, 5.41) is -0.234. The topological polar surface area (TPSA) is 43.1 Å². The van der Waals surface area contributed by atoms with E-state index < -0.39 is 0 Å². The second kappa shape index (κ2) is 4.24. The molecule has 1 fully saturated rings. The van der Waals surface area contributed by atoms with Gasteiger partial charge in [0.2, 0.25) is 5.24 Å². The van der Waals surface area contributed by atoms with Crippen molar-refractivity contribution >= 4 is 16.8 Å². The number of hydrogen-bond donors (Lipinski definition) is 1. The molecule has 0 atom stereocenters. The van der Waals surface area contributed by atoms with Gasteiger partial charge in [-0.1, -0.05) is 19.3 Å². The third-order valence-electron chi connectivity index (χ3n) is 2.86. The molecule has 0 bridgehead atoms. The molecule has 0 aromatic heterocycles. The van der Waals surface area contributed by atoms with E-state index in [0.717, 1.165) is 12.8 Å². The highest BCUT2D eigenvalue weighted by Crippen LogP contribution is 2.38. The average Bonchev–Trinajstić information content (AvgIpc) is 2.05. The Labute approximate surface area is 78.5 Å². The summed E-state index contributed by atoms with van der Waals surface area (Å²) in [6.07, 6.45) is 6.27. The molecule has 3 heteroatoms. The van der Waals surface area contributed by atoms with E-state index >= 15 is 0 Å². The molecule has 0 heterocycles. The molecular formula is C9H16ClNO. The zero-order chi connectivity index (χ0) is 9.03. The van der Waals surface area contributed by atoms with Crippen LogP contribution >= 0.6 is 11.6 Å². The van der Waals surface area contributed by atoms with Crippen molar-refractivity contribution in [1.82, 2.24) is 0 Å². The third kappa shape index (κ3) is 2.46. The second-order valence-electron chi connectivity index (χ2n) is 3.80. The maximum Gasteiger partial charge on any atom is 0.222 e. The van der Waals surface area contributed by atoms with Gasteiger partial charge in [0.05, 0.1) is 0 Å². The first kappa shape index (κ1) is 10.0. The largest absolute Gasteiger partial charge is 0.330 e. The van der Waals surface area contributed by atoms with Crippen LogP contribution in [0.2, 0.25) is 0 Å². The van der Waals surface area contributed by atoms with Gasteiger partial charge in [0, 0.05) is 6.42 Å². The lowest BCUT2D eigenvalue weighted by Crippen LogP contribution is -2.34. The fourth-order valence-corrected chi connectivity index (χ4v) is 2.33. The SMILES string of the molecule is NCC1(CC(=O)Cl)CCCCC1. The molecule has 2 nitrogen and oxygen atoms in total. The van der Waals surface area contributed by atoms with E-state index in [2.05, 4.69) is 0 Å². The summed E-state index contributed by atoms with van der Waals surface area (Å²) >= 11 is 5.38. The van der Waals surface area contributed by atoms with E-state index in [-0.39, 0.29) is 10.7 Å².